The predicted octanol–water partition coefficient (Wildman–Crippen LogP) is 3.26. The number of carbonyl (C=O) groups is 1. The molecule has 1 unspecified atom stereocenters. The molecular weight excluding hydrogens is 351 g/mol. The molecule has 0 saturated carbocycles. The highest BCUT2D eigenvalue weighted by atomic mass is 127. The summed E-state index contributed by atoms with van der Waals surface area (Å²) in [5, 5.41) is 3.57. The zero-order chi connectivity index (χ0) is 12.8. The van der Waals surface area contributed by atoms with Crippen LogP contribution in [0.1, 0.15) is 19.8 Å². The summed E-state index contributed by atoms with van der Waals surface area (Å²) in [5.41, 5.74) is 6.23. The number of halogens is 2. The van der Waals surface area contributed by atoms with E-state index in [2.05, 4.69) is 27.9 Å². The van der Waals surface area contributed by atoms with Crippen molar-refractivity contribution in [3.05, 3.63) is 26.8 Å². The smallest absolute Gasteiger partial charge is 0.227 e. The number of anilines is 1. The number of benzene rings is 1. The van der Waals surface area contributed by atoms with E-state index in [0.29, 0.717) is 11.6 Å². The van der Waals surface area contributed by atoms with E-state index < -0.39 is 0 Å². The molecule has 3 N–H and O–H groups in total. The zero-order valence-corrected chi connectivity index (χ0v) is 12.6. The van der Waals surface area contributed by atoms with E-state index in [1.54, 1.807) is 6.07 Å². The fraction of sp³-hybridized carbons (Fsp3) is 0.417. The van der Waals surface area contributed by atoms with Gasteiger partial charge in [-0.05, 0) is 60.2 Å². The number of amides is 1. The number of nitrogens with one attached hydrogen (secondary N) is 1. The largest absolute Gasteiger partial charge is 0.330 e. The Morgan fingerprint density at radius 2 is 2.29 bits per heavy atom. The average molecular weight is 367 g/mol. The normalized spacial score (nSPS) is 12.2. The van der Waals surface area contributed by atoms with Crippen LogP contribution in [-0.4, -0.2) is 12.5 Å². The van der Waals surface area contributed by atoms with Gasteiger partial charge in [-0.15, -0.1) is 0 Å². The van der Waals surface area contributed by atoms with Gasteiger partial charge in [0.1, 0.15) is 0 Å². The maximum Gasteiger partial charge on any atom is 0.227 e. The Morgan fingerprint density at radius 1 is 1.59 bits per heavy atom. The first-order valence-electron chi connectivity index (χ1n) is 5.50. The lowest BCUT2D eigenvalue weighted by molar-refractivity contribution is -0.119. The lowest BCUT2D eigenvalue weighted by atomic mass is 10.0. The summed E-state index contributed by atoms with van der Waals surface area (Å²) < 4.78 is 0.939. The van der Waals surface area contributed by atoms with Crippen molar-refractivity contribution in [1.82, 2.24) is 0 Å². The van der Waals surface area contributed by atoms with Gasteiger partial charge in [0.15, 0.2) is 0 Å². The number of hydrogen-bond acceptors (Lipinski definition) is 2. The Hall–Kier alpha value is -0.330. The molecule has 1 aromatic carbocycles. The standard InChI is InChI=1S/C12H16ClIN2O/c1-8(3-2-6-15)12(17)16-11-5-4-9(13)7-10(11)14/h4-5,7-8H,2-3,6,15H2,1H3,(H,16,17). The maximum absolute atomic E-state index is 11.9. The average Bonchev–Trinajstić information content (AvgIpc) is 2.29. The molecule has 17 heavy (non-hydrogen) atoms. The Balaban J connectivity index is 2.61. The number of nitrogens with two attached hydrogens (primary N) is 1. The molecule has 1 aromatic rings. The summed E-state index contributed by atoms with van der Waals surface area (Å²) in [6, 6.07) is 5.41. The van der Waals surface area contributed by atoms with Gasteiger partial charge in [-0.2, -0.15) is 0 Å². The van der Waals surface area contributed by atoms with Crippen molar-refractivity contribution in [1.29, 1.82) is 0 Å². The van der Waals surface area contributed by atoms with E-state index in [1.807, 2.05) is 19.1 Å². The predicted molar refractivity (Wildman–Crippen MR) is 80.3 cm³/mol. The van der Waals surface area contributed by atoms with E-state index in [0.717, 1.165) is 22.1 Å². The second kappa shape index (κ2) is 7.18. The Morgan fingerprint density at radius 3 is 2.88 bits per heavy atom. The van der Waals surface area contributed by atoms with Gasteiger partial charge in [0.25, 0.3) is 0 Å². The molecule has 0 spiro atoms. The Labute approximate surface area is 120 Å². The molecule has 0 aromatic heterocycles. The molecule has 1 rings (SSSR count). The van der Waals surface area contributed by atoms with E-state index in [1.165, 1.54) is 0 Å². The van der Waals surface area contributed by atoms with Crippen LogP contribution in [0.25, 0.3) is 0 Å². The first-order chi connectivity index (χ1) is 8.04. The fourth-order valence-electron chi connectivity index (χ4n) is 1.40. The summed E-state index contributed by atoms with van der Waals surface area (Å²) in [6.07, 6.45) is 1.68. The van der Waals surface area contributed by atoms with Crippen LogP contribution < -0.4 is 11.1 Å². The van der Waals surface area contributed by atoms with Gasteiger partial charge < -0.3 is 11.1 Å². The number of rotatable bonds is 5. The van der Waals surface area contributed by atoms with Crippen LogP contribution in [0.2, 0.25) is 5.02 Å². The van der Waals surface area contributed by atoms with Crippen molar-refractivity contribution < 1.29 is 4.79 Å². The summed E-state index contributed by atoms with van der Waals surface area (Å²) >= 11 is 8.01. The van der Waals surface area contributed by atoms with Crippen molar-refractivity contribution in [3.8, 4) is 0 Å². The van der Waals surface area contributed by atoms with Crippen LogP contribution in [0, 0.1) is 9.49 Å². The molecule has 5 heteroatoms. The minimum absolute atomic E-state index is 0.0231. The molecule has 3 nitrogen and oxygen atoms in total. The lowest BCUT2D eigenvalue weighted by Gasteiger charge is -2.12. The molecular formula is C12H16ClIN2O. The number of carbonyl (C=O) groups excluding carboxylic acids is 1. The summed E-state index contributed by atoms with van der Waals surface area (Å²) in [7, 11) is 0. The third-order valence-corrected chi connectivity index (χ3v) is 3.61. The van der Waals surface area contributed by atoms with E-state index in [-0.39, 0.29) is 11.8 Å². The number of hydrogen-bond donors (Lipinski definition) is 2. The molecule has 0 aliphatic heterocycles. The van der Waals surface area contributed by atoms with Crippen LogP contribution in [-0.2, 0) is 4.79 Å². The van der Waals surface area contributed by atoms with Gasteiger partial charge in [0.2, 0.25) is 5.91 Å². The second-order valence-corrected chi connectivity index (χ2v) is 5.54. The van der Waals surface area contributed by atoms with Crippen LogP contribution in [0.3, 0.4) is 0 Å². The highest BCUT2D eigenvalue weighted by Gasteiger charge is 2.13. The molecule has 1 amide bonds. The molecule has 0 aliphatic rings. The van der Waals surface area contributed by atoms with Crippen molar-refractivity contribution in [3.63, 3.8) is 0 Å². The second-order valence-electron chi connectivity index (χ2n) is 3.95. The van der Waals surface area contributed by atoms with Crippen molar-refractivity contribution in [2.75, 3.05) is 11.9 Å². The first kappa shape index (κ1) is 14.7. The molecule has 0 radical (unpaired) electrons. The van der Waals surface area contributed by atoms with Gasteiger partial charge in [-0.1, -0.05) is 18.5 Å². The van der Waals surface area contributed by atoms with Crippen LogP contribution in [0.5, 0.6) is 0 Å². The van der Waals surface area contributed by atoms with Gasteiger partial charge >= 0.3 is 0 Å². The van der Waals surface area contributed by atoms with Crippen molar-refractivity contribution in [2.45, 2.75) is 19.8 Å². The molecule has 1 atom stereocenters. The van der Waals surface area contributed by atoms with E-state index >= 15 is 0 Å². The SMILES string of the molecule is CC(CCCN)C(=O)Nc1ccc(Cl)cc1I. The van der Waals surface area contributed by atoms with Gasteiger partial charge in [0.05, 0.1) is 5.69 Å². The fourth-order valence-corrected chi connectivity index (χ4v) is 2.41. The molecule has 94 valence electrons. The first-order valence-corrected chi connectivity index (χ1v) is 6.96. The lowest BCUT2D eigenvalue weighted by Crippen LogP contribution is -2.21. The third kappa shape index (κ3) is 4.81. The highest BCUT2D eigenvalue weighted by Crippen LogP contribution is 2.23. The van der Waals surface area contributed by atoms with Gasteiger partial charge in [0, 0.05) is 14.5 Å². The van der Waals surface area contributed by atoms with Crippen LogP contribution in [0.4, 0.5) is 5.69 Å². The van der Waals surface area contributed by atoms with Gasteiger partial charge in [-0.3, -0.25) is 4.79 Å². The molecule has 0 saturated heterocycles. The van der Waals surface area contributed by atoms with E-state index in [4.69, 9.17) is 17.3 Å². The molecule has 0 heterocycles. The minimum Gasteiger partial charge on any atom is -0.330 e. The van der Waals surface area contributed by atoms with Crippen LogP contribution in [0.15, 0.2) is 18.2 Å². The zero-order valence-electron chi connectivity index (χ0n) is 9.67. The highest BCUT2D eigenvalue weighted by molar-refractivity contribution is 14.1. The quantitative estimate of drug-likeness (QED) is 0.786. The Kier molecular flexibility index (Phi) is 6.22. The summed E-state index contributed by atoms with van der Waals surface area (Å²) in [6.45, 7) is 2.53. The minimum atomic E-state index is -0.0231. The molecule has 0 fully saturated rings. The topological polar surface area (TPSA) is 55.1 Å². The summed E-state index contributed by atoms with van der Waals surface area (Å²) in [4.78, 5) is 11.9. The van der Waals surface area contributed by atoms with E-state index in [9.17, 15) is 4.79 Å². The maximum atomic E-state index is 11.9. The van der Waals surface area contributed by atoms with Crippen molar-refractivity contribution in [2.24, 2.45) is 11.7 Å². The Bertz CT molecular complexity index is 398. The van der Waals surface area contributed by atoms with Crippen LogP contribution >= 0.6 is 34.2 Å². The third-order valence-electron chi connectivity index (χ3n) is 2.48. The van der Waals surface area contributed by atoms with Crippen molar-refractivity contribution >= 4 is 45.8 Å². The molecule has 0 bridgehead atoms. The summed E-state index contributed by atoms with van der Waals surface area (Å²) in [5.74, 6) is 0.00344. The monoisotopic (exact) mass is 366 g/mol. The molecule has 0 aliphatic carbocycles. The van der Waals surface area contributed by atoms with Gasteiger partial charge in [-0.25, -0.2) is 0 Å².